The average Bonchev–Trinajstić information content (AvgIpc) is 2.45. The molecule has 4 nitrogen and oxygen atoms in total. The molecule has 0 radical (unpaired) electrons. The summed E-state index contributed by atoms with van der Waals surface area (Å²) < 4.78 is 6.29. The van der Waals surface area contributed by atoms with Crippen molar-refractivity contribution in [1.82, 2.24) is 0 Å². The SMILES string of the molecule is NC(=S)c1ccc(OCC(=O)Nc2cccc(Br)c2)cc1. The standard InChI is InChI=1S/C15H13BrN2O2S/c16-11-2-1-3-12(8-11)18-14(19)9-20-13-6-4-10(5-7-13)15(17)21/h1-8H,9H2,(H2,17,21)(H,18,19). The number of halogens is 1. The van der Waals surface area contributed by atoms with E-state index < -0.39 is 0 Å². The van der Waals surface area contributed by atoms with E-state index in [2.05, 4.69) is 21.2 Å². The van der Waals surface area contributed by atoms with Gasteiger partial charge in [-0.2, -0.15) is 0 Å². The molecule has 0 heterocycles. The minimum Gasteiger partial charge on any atom is -0.484 e. The number of thiocarbonyl (C=S) groups is 1. The summed E-state index contributed by atoms with van der Waals surface area (Å²) in [5.41, 5.74) is 6.98. The number of nitrogens with two attached hydrogens (primary N) is 1. The number of hydrogen-bond donors (Lipinski definition) is 2. The first-order chi connectivity index (χ1) is 10.0. The largest absolute Gasteiger partial charge is 0.484 e. The van der Waals surface area contributed by atoms with Crippen LogP contribution in [0.15, 0.2) is 53.0 Å². The Hall–Kier alpha value is -1.92. The van der Waals surface area contributed by atoms with Crippen molar-refractivity contribution < 1.29 is 9.53 Å². The molecule has 0 aliphatic heterocycles. The lowest BCUT2D eigenvalue weighted by Crippen LogP contribution is -2.20. The van der Waals surface area contributed by atoms with Crippen molar-refractivity contribution in [3.8, 4) is 5.75 Å². The molecular weight excluding hydrogens is 352 g/mol. The van der Waals surface area contributed by atoms with E-state index in [0.717, 1.165) is 10.0 Å². The Morgan fingerprint density at radius 3 is 2.57 bits per heavy atom. The molecule has 0 aromatic heterocycles. The van der Waals surface area contributed by atoms with Crippen molar-refractivity contribution in [3.63, 3.8) is 0 Å². The van der Waals surface area contributed by atoms with Gasteiger partial charge in [-0.3, -0.25) is 4.79 Å². The van der Waals surface area contributed by atoms with Gasteiger partial charge >= 0.3 is 0 Å². The third-order valence-electron chi connectivity index (χ3n) is 2.62. The topological polar surface area (TPSA) is 64.3 Å². The van der Waals surface area contributed by atoms with Crippen LogP contribution in [0.2, 0.25) is 0 Å². The zero-order chi connectivity index (χ0) is 15.2. The highest BCUT2D eigenvalue weighted by Gasteiger charge is 2.04. The maximum Gasteiger partial charge on any atom is 0.262 e. The Bertz CT molecular complexity index is 659. The molecule has 21 heavy (non-hydrogen) atoms. The lowest BCUT2D eigenvalue weighted by Gasteiger charge is -2.08. The zero-order valence-corrected chi connectivity index (χ0v) is 13.4. The van der Waals surface area contributed by atoms with Gasteiger partial charge in [0, 0.05) is 15.7 Å². The number of carbonyl (C=O) groups is 1. The summed E-state index contributed by atoms with van der Waals surface area (Å²) in [4.78, 5) is 12.1. The maximum absolute atomic E-state index is 11.8. The maximum atomic E-state index is 11.8. The summed E-state index contributed by atoms with van der Waals surface area (Å²) in [6.45, 7) is -0.0705. The van der Waals surface area contributed by atoms with Gasteiger partial charge in [0.05, 0.1) is 0 Å². The number of carbonyl (C=O) groups excluding carboxylic acids is 1. The first kappa shape index (κ1) is 15.5. The van der Waals surface area contributed by atoms with Crippen molar-refractivity contribution in [2.45, 2.75) is 0 Å². The molecule has 0 unspecified atom stereocenters. The van der Waals surface area contributed by atoms with Crippen molar-refractivity contribution in [2.24, 2.45) is 5.73 Å². The summed E-state index contributed by atoms with van der Waals surface area (Å²) in [5, 5.41) is 2.75. The van der Waals surface area contributed by atoms with Crippen molar-refractivity contribution in [3.05, 3.63) is 58.6 Å². The summed E-state index contributed by atoms with van der Waals surface area (Å²) in [6.07, 6.45) is 0. The van der Waals surface area contributed by atoms with Gasteiger partial charge in [0.15, 0.2) is 6.61 Å². The Balaban J connectivity index is 1.87. The Kier molecular flexibility index (Phi) is 5.30. The summed E-state index contributed by atoms with van der Waals surface area (Å²) in [7, 11) is 0. The van der Waals surface area contributed by atoms with Crippen molar-refractivity contribution in [1.29, 1.82) is 0 Å². The number of ether oxygens (including phenoxy) is 1. The molecule has 0 saturated heterocycles. The van der Waals surface area contributed by atoms with Gasteiger partial charge in [0.25, 0.3) is 5.91 Å². The molecule has 0 spiro atoms. The number of hydrogen-bond acceptors (Lipinski definition) is 3. The van der Waals surface area contributed by atoms with Crippen molar-refractivity contribution in [2.75, 3.05) is 11.9 Å². The number of nitrogens with one attached hydrogen (secondary N) is 1. The first-order valence-electron chi connectivity index (χ1n) is 6.12. The summed E-state index contributed by atoms with van der Waals surface area (Å²) in [6, 6.07) is 14.3. The molecule has 0 aliphatic rings. The van der Waals surface area contributed by atoms with Crippen LogP contribution in [0.3, 0.4) is 0 Å². The molecule has 1 amide bonds. The normalized spacial score (nSPS) is 9.95. The third-order valence-corrected chi connectivity index (χ3v) is 3.35. The molecule has 3 N–H and O–H groups in total. The third kappa shape index (κ3) is 4.84. The summed E-state index contributed by atoms with van der Waals surface area (Å²) >= 11 is 8.21. The van der Waals surface area contributed by atoms with Gasteiger partial charge in [-0.05, 0) is 42.5 Å². The molecule has 0 saturated carbocycles. The molecule has 6 heteroatoms. The number of amides is 1. The fourth-order valence-corrected chi connectivity index (χ4v) is 2.16. The van der Waals surface area contributed by atoms with E-state index >= 15 is 0 Å². The van der Waals surface area contributed by atoms with Crippen molar-refractivity contribution >= 4 is 44.7 Å². The quantitative estimate of drug-likeness (QED) is 0.800. The Morgan fingerprint density at radius 1 is 1.24 bits per heavy atom. The first-order valence-corrected chi connectivity index (χ1v) is 7.33. The van der Waals surface area contributed by atoms with E-state index in [9.17, 15) is 4.79 Å². The average molecular weight is 365 g/mol. The van der Waals surface area contributed by atoms with Gasteiger partial charge < -0.3 is 15.8 Å². The van der Waals surface area contributed by atoms with Gasteiger partial charge in [0.1, 0.15) is 10.7 Å². The van der Waals surface area contributed by atoms with Crippen LogP contribution in [-0.2, 0) is 4.79 Å². The number of benzene rings is 2. The highest BCUT2D eigenvalue weighted by atomic mass is 79.9. The second-order valence-corrected chi connectivity index (χ2v) is 5.59. The molecule has 0 atom stereocenters. The molecule has 0 bridgehead atoms. The second-order valence-electron chi connectivity index (χ2n) is 4.24. The van der Waals surface area contributed by atoms with E-state index in [1.807, 2.05) is 18.2 Å². The van der Waals surface area contributed by atoms with Gasteiger partial charge in [0.2, 0.25) is 0 Å². The Morgan fingerprint density at radius 2 is 1.95 bits per heavy atom. The van der Waals surface area contributed by atoms with Crippen LogP contribution >= 0.6 is 28.1 Å². The smallest absolute Gasteiger partial charge is 0.262 e. The minimum absolute atomic E-state index is 0.0705. The van der Waals surface area contributed by atoms with Crippen LogP contribution in [0, 0.1) is 0 Å². The fourth-order valence-electron chi connectivity index (χ4n) is 1.63. The van der Waals surface area contributed by atoms with Gasteiger partial charge in [-0.1, -0.05) is 34.2 Å². The van der Waals surface area contributed by atoms with E-state index in [4.69, 9.17) is 22.7 Å². The zero-order valence-electron chi connectivity index (χ0n) is 11.0. The van der Waals surface area contributed by atoms with Crippen LogP contribution < -0.4 is 15.8 Å². The summed E-state index contributed by atoms with van der Waals surface area (Å²) in [5.74, 6) is 0.353. The molecular formula is C15H13BrN2O2S. The highest BCUT2D eigenvalue weighted by Crippen LogP contribution is 2.16. The molecule has 2 rings (SSSR count). The van der Waals surface area contributed by atoms with Crippen LogP contribution in [0.1, 0.15) is 5.56 Å². The van der Waals surface area contributed by atoms with Gasteiger partial charge in [-0.15, -0.1) is 0 Å². The van der Waals surface area contributed by atoms with Gasteiger partial charge in [-0.25, -0.2) is 0 Å². The number of rotatable bonds is 5. The highest BCUT2D eigenvalue weighted by molar-refractivity contribution is 9.10. The van der Waals surface area contributed by atoms with Crippen LogP contribution in [-0.4, -0.2) is 17.5 Å². The lowest BCUT2D eigenvalue weighted by molar-refractivity contribution is -0.118. The van der Waals surface area contributed by atoms with E-state index in [0.29, 0.717) is 16.4 Å². The molecule has 0 fully saturated rings. The molecule has 2 aromatic rings. The molecule has 108 valence electrons. The second kappa shape index (κ2) is 7.19. The minimum atomic E-state index is -0.230. The molecule has 0 aliphatic carbocycles. The predicted molar refractivity (Wildman–Crippen MR) is 90.6 cm³/mol. The number of anilines is 1. The fraction of sp³-hybridized carbons (Fsp3) is 0.0667. The van der Waals surface area contributed by atoms with E-state index in [1.54, 1.807) is 30.3 Å². The predicted octanol–water partition coefficient (Wildman–Crippen LogP) is 3.10. The monoisotopic (exact) mass is 364 g/mol. The van der Waals surface area contributed by atoms with E-state index in [-0.39, 0.29) is 12.5 Å². The van der Waals surface area contributed by atoms with Crippen LogP contribution in [0.25, 0.3) is 0 Å². The molecule has 2 aromatic carbocycles. The van der Waals surface area contributed by atoms with Crippen LogP contribution in [0.5, 0.6) is 5.75 Å². The Labute approximate surface area is 136 Å². The lowest BCUT2D eigenvalue weighted by atomic mass is 10.2. The van der Waals surface area contributed by atoms with Crippen LogP contribution in [0.4, 0.5) is 5.69 Å². The van der Waals surface area contributed by atoms with E-state index in [1.165, 1.54) is 0 Å².